The minimum absolute atomic E-state index is 0.103. The van der Waals surface area contributed by atoms with E-state index in [4.69, 9.17) is 31.9 Å². The van der Waals surface area contributed by atoms with Crippen LogP contribution in [-0.4, -0.2) is 20.4 Å². The quantitative estimate of drug-likeness (QED) is 0.243. The van der Waals surface area contributed by atoms with E-state index in [-0.39, 0.29) is 23.0 Å². The Morgan fingerprint density at radius 2 is 1.32 bits per heavy atom. The molecule has 0 fully saturated rings. The van der Waals surface area contributed by atoms with Crippen LogP contribution in [0.3, 0.4) is 0 Å². The standard InChI is InChI=1S/C7H9NO2.C6H7NO2/c1-4-2-5(8)3-6(9)7(4)10;7-4-1-2-5(8)6(9)3-4/h2-3,9-10H,8H2,1H3;1-3,8-9H,7H2. The first-order valence-corrected chi connectivity index (χ1v) is 5.36. The SMILES string of the molecule is Cc1cc(N)cc(O)c1O.Nc1ccc(O)c(O)c1. The number of anilines is 2. The second-order valence-corrected chi connectivity index (χ2v) is 3.95. The lowest BCUT2D eigenvalue weighted by Gasteiger charge is -2.01. The van der Waals surface area contributed by atoms with Gasteiger partial charge in [-0.25, -0.2) is 0 Å². The zero-order chi connectivity index (χ0) is 14.6. The third-order valence-electron chi connectivity index (χ3n) is 2.30. The number of rotatable bonds is 0. The van der Waals surface area contributed by atoms with Crippen molar-refractivity contribution in [3.63, 3.8) is 0 Å². The summed E-state index contributed by atoms with van der Waals surface area (Å²) in [5.41, 5.74) is 12.1. The molecule has 2 aromatic rings. The Morgan fingerprint density at radius 3 is 1.79 bits per heavy atom. The number of hydrogen-bond donors (Lipinski definition) is 6. The van der Waals surface area contributed by atoms with E-state index >= 15 is 0 Å². The Morgan fingerprint density at radius 1 is 0.737 bits per heavy atom. The van der Waals surface area contributed by atoms with Gasteiger partial charge >= 0.3 is 0 Å². The van der Waals surface area contributed by atoms with E-state index in [1.807, 2.05) is 0 Å². The van der Waals surface area contributed by atoms with Crippen molar-refractivity contribution < 1.29 is 20.4 Å². The molecule has 0 aliphatic heterocycles. The van der Waals surface area contributed by atoms with Crippen LogP contribution in [0.4, 0.5) is 11.4 Å². The summed E-state index contributed by atoms with van der Waals surface area (Å²) in [7, 11) is 0. The second-order valence-electron chi connectivity index (χ2n) is 3.95. The summed E-state index contributed by atoms with van der Waals surface area (Å²) in [6, 6.07) is 7.03. The number of nitrogen functional groups attached to an aromatic ring is 2. The predicted molar refractivity (Wildman–Crippen MR) is 73.1 cm³/mol. The maximum Gasteiger partial charge on any atom is 0.160 e. The molecular formula is C13H16N2O4. The van der Waals surface area contributed by atoms with E-state index in [1.54, 1.807) is 13.0 Å². The smallest absolute Gasteiger partial charge is 0.160 e. The maximum atomic E-state index is 9.03. The van der Waals surface area contributed by atoms with Gasteiger partial charge in [-0.3, -0.25) is 0 Å². The van der Waals surface area contributed by atoms with Crippen molar-refractivity contribution in [2.24, 2.45) is 0 Å². The van der Waals surface area contributed by atoms with E-state index in [2.05, 4.69) is 0 Å². The topological polar surface area (TPSA) is 133 Å². The normalized spacial score (nSPS) is 9.53. The lowest BCUT2D eigenvalue weighted by atomic mass is 10.2. The fraction of sp³-hybridized carbons (Fsp3) is 0.0769. The highest BCUT2D eigenvalue weighted by molar-refractivity contribution is 5.55. The highest BCUT2D eigenvalue weighted by Gasteiger charge is 2.02. The number of hydrogen-bond acceptors (Lipinski definition) is 6. The predicted octanol–water partition coefficient (Wildman–Crippen LogP) is 1.67. The molecule has 6 nitrogen and oxygen atoms in total. The minimum Gasteiger partial charge on any atom is -0.504 e. The number of aromatic hydroxyl groups is 4. The van der Waals surface area contributed by atoms with Gasteiger partial charge in [-0.15, -0.1) is 0 Å². The molecule has 0 bridgehead atoms. The molecule has 2 aromatic carbocycles. The third kappa shape index (κ3) is 3.88. The van der Waals surface area contributed by atoms with Crippen molar-refractivity contribution in [3.05, 3.63) is 35.9 Å². The zero-order valence-corrected chi connectivity index (χ0v) is 10.3. The lowest BCUT2D eigenvalue weighted by Crippen LogP contribution is -1.85. The van der Waals surface area contributed by atoms with E-state index < -0.39 is 0 Å². The number of nitrogens with two attached hydrogens (primary N) is 2. The number of phenols is 4. The fourth-order valence-electron chi connectivity index (χ4n) is 1.33. The van der Waals surface area contributed by atoms with Crippen LogP contribution in [-0.2, 0) is 0 Å². The van der Waals surface area contributed by atoms with Gasteiger partial charge < -0.3 is 31.9 Å². The molecule has 0 amide bonds. The van der Waals surface area contributed by atoms with Crippen LogP contribution in [0.5, 0.6) is 23.0 Å². The molecule has 0 aromatic heterocycles. The maximum absolute atomic E-state index is 9.03. The largest absolute Gasteiger partial charge is 0.504 e. The summed E-state index contributed by atoms with van der Waals surface area (Å²) >= 11 is 0. The summed E-state index contributed by atoms with van der Waals surface area (Å²) in [5, 5.41) is 35.5. The first kappa shape index (κ1) is 14.3. The van der Waals surface area contributed by atoms with Crippen LogP contribution in [0.2, 0.25) is 0 Å². The van der Waals surface area contributed by atoms with Crippen molar-refractivity contribution >= 4 is 11.4 Å². The van der Waals surface area contributed by atoms with Crippen LogP contribution < -0.4 is 11.5 Å². The van der Waals surface area contributed by atoms with Gasteiger partial charge in [-0.05, 0) is 30.7 Å². The molecule has 0 aliphatic rings. The van der Waals surface area contributed by atoms with Gasteiger partial charge in [0.05, 0.1) is 0 Å². The van der Waals surface area contributed by atoms with Gasteiger partial charge in [0.25, 0.3) is 0 Å². The van der Waals surface area contributed by atoms with Crippen LogP contribution in [0.15, 0.2) is 30.3 Å². The van der Waals surface area contributed by atoms with Crippen molar-refractivity contribution in [1.82, 2.24) is 0 Å². The van der Waals surface area contributed by atoms with E-state index in [9.17, 15) is 0 Å². The van der Waals surface area contributed by atoms with Crippen LogP contribution >= 0.6 is 0 Å². The molecule has 19 heavy (non-hydrogen) atoms. The van der Waals surface area contributed by atoms with Gasteiger partial charge in [0.1, 0.15) is 0 Å². The Balaban J connectivity index is 0.000000191. The molecule has 102 valence electrons. The molecule has 0 radical (unpaired) electrons. The van der Waals surface area contributed by atoms with Gasteiger partial charge in [0.2, 0.25) is 0 Å². The molecule has 0 heterocycles. The van der Waals surface area contributed by atoms with Gasteiger partial charge in [-0.2, -0.15) is 0 Å². The first-order valence-electron chi connectivity index (χ1n) is 5.36. The molecule has 0 saturated carbocycles. The van der Waals surface area contributed by atoms with E-state index in [0.717, 1.165) is 0 Å². The lowest BCUT2D eigenvalue weighted by molar-refractivity contribution is 0.401. The molecular weight excluding hydrogens is 248 g/mol. The second kappa shape index (κ2) is 5.72. The molecule has 0 saturated heterocycles. The van der Waals surface area contributed by atoms with Crippen LogP contribution in [0, 0.1) is 6.92 Å². The van der Waals surface area contributed by atoms with Gasteiger partial charge in [0.15, 0.2) is 23.0 Å². The molecule has 0 unspecified atom stereocenters. The Kier molecular flexibility index (Phi) is 4.31. The molecule has 0 aliphatic carbocycles. The van der Waals surface area contributed by atoms with Crippen molar-refractivity contribution in [3.8, 4) is 23.0 Å². The Labute approximate surface area is 110 Å². The minimum atomic E-state index is -0.185. The average molecular weight is 264 g/mol. The highest BCUT2D eigenvalue weighted by atomic mass is 16.3. The average Bonchev–Trinajstić information content (AvgIpc) is 2.32. The van der Waals surface area contributed by atoms with Crippen LogP contribution in [0.1, 0.15) is 5.56 Å². The van der Waals surface area contributed by atoms with Crippen molar-refractivity contribution in [1.29, 1.82) is 0 Å². The monoisotopic (exact) mass is 264 g/mol. The third-order valence-corrected chi connectivity index (χ3v) is 2.30. The zero-order valence-electron chi connectivity index (χ0n) is 10.3. The van der Waals surface area contributed by atoms with E-state index in [0.29, 0.717) is 16.9 Å². The summed E-state index contributed by atoms with van der Waals surface area (Å²) in [4.78, 5) is 0. The fourth-order valence-corrected chi connectivity index (χ4v) is 1.33. The Hall–Kier alpha value is -2.76. The summed E-state index contributed by atoms with van der Waals surface area (Å²) < 4.78 is 0. The van der Waals surface area contributed by atoms with E-state index in [1.165, 1.54) is 24.3 Å². The Bertz CT molecular complexity index is 562. The highest BCUT2D eigenvalue weighted by Crippen LogP contribution is 2.30. The molecule has 0 atom stereocenters. The molecule has 2 rings (SSSR count). The molecule has 8 N–H and O–H groups in total. The molecule has 6 heteroatoms. The number of aryl methyl sites for hydroxylation is 1. The van der Waals surface area contributed by atoms with Gasteiger partial charge in [0, 0.05) is 23.5 Å². The summed E-state index contributed by atoms with van der Waals surface area (Å²) in [5.74, 6) is -0.606. The summed E-state index contributed by atoms with van der Waals surface area (Å²) in [6.45, 7) is 1.67. The number of benzene rings is 2. The molecule has 0 spiro atoms. The first-order chi connectivity index (χ1) is 8.81. The van der Waals surface area contributed by atoms with Crippen LogP contribution in [0.25, 0.3) is 0 Å². The van der Waals surface area contributed by atoms with Gasteiger partial charge in [-0.1, -0.05) is 0 Å². The van der Waals surface area contributed by atoms with Crippen molar-refractivity contribution in [2.45, 2.75) is 6.92 Å². The number of phenolic OH excluding ortho intramolecular Hbond substituents is 4. The van der Waals surface area contributed by atoms with Crippen molar-refractivity contribution in [2.75, 3.05) is 11.5 Å². The summed E-state index contributed by atoms with van der Waals surface area (Å²) in [6.07, 6.45) is 0.